The van der Waals surface area contributed by atoms with Gasteiger partial charge in [0, 0.05) is 12.6 Å². The number of benzene rings is 1. The molecule has 1 aromatic rings. The first-order valence-electron chi connectivity index (χ1n) is 5.96. The lowest BCUT2D eigenvalue weighted by Crippen LogP contribution is -2.39. The second-order valence-electron chi connectivity index (χ2n) is 4.35. The third kappa shape index (κ3) is 2.26. The summed E-state index contributed by atoms with van der Waals surface area (Å²) in [5.41, 5.74) is 7.72. The van der Waals surface area contributed by atoms with Crippen LogP contribution in [0.1, 0.15) is 31.9 Å². The Bertz CT molecular complexity index is 429. The van der Waals surface area contributed by atoms with Crippen molar-refractivity contribution in [2.24, 2.45) is 5.73 Å². The van der Waals surface area contributed by atoms with Gasteiger partial charge < -0.3 is 15.4 Å². The van der Waals surface area contributed by atoms with Crippen LogP contribution < -0.4 is 15.4 Å². The molecule has 92 valence electrons. The van der Waals surface area contributed by atoms with E-state index in [1.165, 1.54) is 0 Å². The highest BCUT2D eigenvalue weighted by Gasteiger charge is 2.25. The van der Waals surface area contributed by atoms with Gasteiger partial charge in [-0.25, -0.2) is 0 Å². The quantitative estimate of drug-likeness (QED) is 0.868. The van der Waals surface area contributed by atoms with Gasteiger partial charge in [0.05, 0.1) is 5.69 Å². The third-order valence-electron chi connectivity index (χ3n) is 2.90. The van der Waals surface area contributed by atoms with Gasteiger partial charge in [0.15, 0.2) is 6.61 Å². The maximum Gasteiger partial charge on any atom is 0.265 e. The molecule has 17 heavy (non-hydrogen) atoms. The van der Waals surface area contributed by atoms with Gasteiger partial charge in [-0.15, -0.1) is 0 Å². The van der Waals surface area contributed by atoms with E-state index in [-0.39, 0.29) is 18.6 Å². The first-order valence-corrected chi connectivity index (χ1v) is 5.96. The first-order chi connectivity index (χ1) is 8.13. The number of ether oxygens (including phenoxy) is 1. The van der Waals surface area contributed by atoms with Crippen molar-refractivity contribution in [2.45, 2.75) is 26.3 Å². The number of hydrogen-bond acceptors (Lipinski definition) is 3. The smallest absolute Gasteiger partial charge is 0.265 e. The normalized spacial score (nSPS) is 16.4. The molecule has 0 bridgehead atoms. The number of rotatable bonds is 3. The van der Waals surface area contributed by atoms with Crippen LogP contribution in [0.25, 0.3) is 0 Å². The highest BCUT2D eigenvalue weighted by molar-refractivity contribution is 5.97. The van der Waals surface area contributed by atoms with Crippen LogP contribution in [0.4, 0.5) is 5.69 Å². The van der Waals surface area contributed by atoms with Gasteiger partial charge in [-0.1, -0.05) is 13.0 Å². The Morgan fingerprint density at radius 2 is 2.29 bits per heavy atom. The minimum Gasteiger partial charge on any atom is -0.482 e. The molecule has 1 aliphatic rings. The van der Waals surface area contributed by atoms with Crippen molar-refractivity contribution in [1.82, 2.24) is 0 Å². The molecule has 0 aromatic heterocycles. The van der Waals surface area contributed by atoms with E-state index in [0.717, 1.165) is 30.0 Å². The lowest BCUT2D eigenvalue weighted by molar-refractivity contribution is -0.121. The zero-order valence-electron chi connectivity index (χ0n) is 10.3. The molecule has 0 spiro atoms. The average molecular weight is 234 g/mol. The van der Waals surface area contributed by atoms with Crippen LogP contribution in [0, 0.1) is 0 Å². The Kier molecular flexibility index (Phi) is 3.33. The predicted molar refractivity (Wildman–Crippen MR) is 67.2 cm³/mol. The summed E-state index contributed by atoms with van der Waals surface area (Å²) in [4.78, 5) is 13.6. The molecule has 0 saturated carbocycles. The van der Waals surface area contributed by atoms with E-state index >= 15 is 0 Å². The fourth-order valence-electron chi connectivity index (χ4n) is 1.97. The Labute approximate surface area is 101 Å². The van der Waals surface area contributed by atoms with Crippen LogP contribution in [0.2, 0.25) is 0 Å². The summed E-state index contributed by atoms with van der Waals surface area (Å²) in [7, 11) is 0. The minimum atomic E-state index is -0.0409. The zero-order chi connectivity index (χ0) is 12.4. The maximum atomic E-state index is 11.8. The number of fused-ring (bicyclic) bond motifs is 1. The third-order valence-corrected chi connectivity index (χ3v) is 2.90. The van der Waals surface area contributed by atoms with Crippen LogP contribution in [0.3, 0.4) is 0 Å². The molecule has 2 rings (SSSR count). The zero-order valence-corrected chi connectivity index (χ0v) is 10.3. The summed E-state index contributed by atoms with van der Waals surface area (Å²) in [5.74, 6) is 0.781. The predicted octanol–water partition coefficient (Wildman–Crippen LogP) is 1.84. The molecule has 0 aliphatic carbocycles. The Morgan fingerprint density at radius 3 is 2.94 bits per heavy atom. The summed E-state index contributed by atoms with van der Waals surface area (Å²) in [6.45, 7) is 4.83. The number of hydrogen-bond donors (Lipinski definition) is 1. The summed E-state index contributed by atoms with van der Waals surface area (Å²) in [6, 6.07) is 5.75. The van der Waals surface area contributed by atoms with Crippen molar-refractivity contribution in [2.75, 3.05) is 18.1 Å². The first kappa shape index (κ1) is 11.9. The molecule has 4 nitrogen and oxygen atoms in total. The van der Waals surface area contributed by atoms with Crippen LogP contribution in [-0.2, 0) is 4.79 Å². The van der Waals surface area contributed by atoms with Gasteiger partial charge >= 0.3 is 0 Å². The SMILES string of the molecule is CCCN1C(=O)COc2ccc(C(C)N)cc21. The van der Waals surface area contributed by atoms with Gasteiger partial charge in [-0.05, 0) is 31.0 Å². The van der Waals surface area contributed by atoms with E-state index < -0.39 is 0 Å². The molecule has 2 N–H and O–H groups in total. The molecule has 0 fully saturated rings. The van der Waals surface area contributed by atoms with Gasteiger partial charge in [0.25, 0.3) is 5.91 Å². The van der Waals surface area contributed by atoms with Gasteiger partial charge in [0.1, 0.15) is 5.75 Å². The second-order valence-corrected chi connectivity index (χ2v) is 4.35. The molecule has 1 aromatic carbocycles. The molecule has 0 radical (unpaired) electrons. The monoisotopic (exact) mass is 234 g/mol. The molecule has 1 aliphatic heterocycles. The van der Waals surface area contributed by atoms with E-state index in [9.17, 15) is 4.79 Å². The molecule has 4 heteroatoms. The highest BCUT2D eigenvalue weighted by atomic mass is 16.5. The van der Waals surface area contributed by atoms with Crippen molar-refractivity contribution in [3.05, 3.63) is 23.8 Å². The van der Waals surface area contributed by atoms with E-state index in [2.05, 4.69) is 6.92 Å². The largest absolute Gasteiger partial charge is 0.482 e. The molecular formula is C13H18N2O2. The Hall–Kier alpha value is -1.55. The minimum absolute atomic E-state index is 0.0150. The standard InChI is InChI=1S/C13H18N2O2/c1-3-6-15-11-7-10(9(2)14)4-5-12(11)17-8-13(15)16/h4-5,7,9H,3,6,8,14H2,1-2H3. The van der Waals surface area contributed by atoms with Crippen molar-refractivity contribution >= 4 is 11.6 Å². The molecule has 1 amide bonds. The number of carbonyl (C=O) groups excluding carboxylic acids is 1. The molecule has 1 atom stereocenters. The highest BCUT2D eigenvalue weighted by Crippen LogP contribution is 2.34. The lowest BCUT2D eigenvalue weighted by Gasteiger charge is -2.29. The molecular weight excluding hydrogens is 216 g/mol. The molecule has 0 saturated heterocycles. The Balaban J connectivity index is 2.41. The van der Waals surface area contributed by atoms with E-state index in [1.54, 1.807) is 4.90 Å². The van der Waals surface area contributed by atoms with Crippen LogP contribution >= 0.6 is 0 Å². The second kappa shape index (κ2) is 4.75. The summed E-state index contributed by atoms with van der Waals surface area (Å²) < 4.78 is 5.42. The van der Waals surface area contributed by atoms with Gasteiger partial charge in [0.2, 0.25) is 0 Å². The molecule has 1 unspecified atom stereocenters. The average Bonchev–Trinajstić information content (AvgIpc) is 2.32. The van der Waals surface area contributed by atoms with Crippen LogP contribution in [0.15, 0.2) is 18.2 Å². The van der Waals surface area contributed by atoms with Gasteiger partial charge in [-0.2, -0.15) is 0 Å². The van der Waals surface area contributed by atoms with Crippen molar-refractivity contribution < 1.29 is 9.53 Å². The Morgan fingerprint density at radius 1 is 1.53 bits per heavy atom. The number of amides is 1. The van der Waals surface area contributed by atoms with E-state index in [0.29, 0.717) is 0 Å². The van der Waals surface area contributed by atoms with Crippen LogP contribution in [-0.4, -0.2) is 19.1 Å². The van der Waals surface area contributed by atoms with E-state index in [4.69, 9.17) is 10.5 Å². The lowest BCUT2D eigenvalue weighted by atomic mass is 10.1. The summed E-state index contributed by atoms with van der Waals surface area (Å²) in [6.07, 6.45) is 0.924. The number of nitrogens with two attached hydrogens (primary N) is 1. The molecule has 1 heterocycles. The van der Waals surface area contributed by atoms with Gasteiger partial charge in [-0.3, -0.25) is 4.79 Å². The van der Waals surface area contributed by atoms with Crippen molar-refractivity contribution in [1.29, 1.82) is 0 Å². The topological polar surface area (TPSA) is 55.6 Å². The number of nitrogens with zero attached hydrogens (tertiary/aromatic N) is 1. The van der Waals surface area contributed by atoms with E-state index in [1.807, 2.05) is 25.1 Å². The van der Waals surface area contributed by atoms with Crippen LogP contribution in [0.5, 0.6) is 5.75 Å². The fraction of sp³-hybridized carbons (Fsp3) is 0.462. The van der Waals surface area contributed by atoms with Crippen molar-refractivity contribution in [3.63, 3.8) is 0 Å². The summed E-state index contributed by atoms with van der Waals surface area (Å²) in [5, 5.41) is 0. The number of carbonyl (C=O) groups is 1. The summed E-state index contributed by atoms with van der Waals surface area (Å²) >= 11 is 0. The number of anilines is 1. The maximum absolute atomic E-state index is 11.8. The van der Waals surface area contributed by atoms with Crippen molar-refractivity contribution in [3.8, 4) is 5.75 Å². The fourth-order valence-corrected chi connectivity index (χ4v) is 1.97.